The summed E-state index contributed by atoms with van der Waals surface area (Å²) >= 11 is 0. The zero-order valence-electron chi connectivity index (χ0n) is 8.76. The maximum atomic E-state index is 11.6. The fourth-order valence-electron chi connectivity index (χ4n) is 2.14. The molecule has 0 saturated carbocycles. The van der Waals surface area contributed by atoms with Crippen molar-refractivity contribution in [2.45, 2.75) is 30.6 Å². The topological polar surface area (TPSA) is 63.7 Å². The van der Waals surface area contributed by atoms with E-state index in [2.05, 4.69) is 0 Å². The van der Waals surface area contributed by atoms with Crippen molar-refractivity contribution in [3.8, 4) is 0 Å². The van der Waals surface area contributed by atoms with E-state index < -0.39 is 14.3 Å². The fourth-order valence-corrected chi connectivity index (χ4v) is 3.19. The molecule has 16 heavy (non-hydrogen) atoms. The van der Waals surface area contributed by atoms with Crippen LogP contribution in [0, 0.1) is 0 Å². The third kappa shape index (κ3) is 2.67. The van der Waals surface area contributed by atoms with Crippen LogP contribution in [0.4, 0.5) is 0 Å². The fraction of sp³-hybridized carbons (Fsp3) is 0.889. The van der Waals surface area contributed by atoms with Crippen molar-refractivity contribution in [2.24, 2.45) is 0 Å². The first-order valence-electron chi connectivity index (χ1n) is 5.29. The highest BCUT2D eigenvalue weighted by molar-refractivity contribution is 8.14. The summed E-state index contributed by atoms with van der Waals surface area (Å²) in [6, 6.07) is 0. The van der Waals surface area contributed by atoms with Crippen molar-refractivity contribution >= 4 is 25.6 Å². The minimum Gasteiger partial charge on any atom is -0.376 e. The van der Waals surface area contributed by atoms with Crippen LogP contribution >= 0.6 is 10.7 Å². The molecule has 2 rings (SSSR count). The molecule has 0 aromatic carbocycles. The Morgan fingerprint density at radius 1 is 1.50 bits per heavy atom. The predicted octanol–water partition coefficient (Wildman–Crippen LogP) is 0.335. The number of hydrogen-bond donors (Lipinski definition) is 0. The van der Waals surface area contributed by atoms with Crippen molar-refractivity contribution in [2.75, 3.05) is 19.7 Å². The van der Waals surface area contributed by atoms with Crippen molar-refractivity contribution < 1.29 is 17.9 Å². The summed E-state index contributed by atoms with van der Waals surface area (Å²) in [5, 5.41) is -0.761. The van der Waals surface area contributed by atoms with Crippen molar-refractivity contribution in [1.29, 1.82) is 0 Å². The first-order valence-corrected chi connectivity index (χ1v) is 7.67. The van der Waals surface area contributed by atoms with E-state index in [-0.39, 0.29) is 25.0 Å². The molecule has 1 amide bonds. The van der Waals surface area contributed by atoms with E-state index in [0.717, 1.165) is 19.4 Å². The Hall–Kier alpha value is -0.330. The smallest absolute Gasteiger partial charge is 0.237 e. The van der Waals surface area contributed by atoms with E-state index in [1.54, 1.807) is 4.90 Å². The molecule has 2 heterocycles. The van der Waals surface area contributed by atoms with Crippen LogP contribution < -0.4 is 0 Å². The number of hydrogen-bond acceptors (Lipinski definition) is 4. The number of amides is 1. The van der Waals surface area contributed by atoms with Crippen LogP contribution in [0.1, 0.15) is 19.3 Å². The third-order valence-electron chi connectivity index (χ3n) is 3.03. The summed E-state index contributed by atoms with van der Waals surface area (Å²) in [5.74, 6) is -0.148. The second kappa shape index (κ2) is 4.50. The molecule has 2 unspecified atom stereocenters. The molecule has 7 heteroatoms. The lowest BCUT2D eigenvalue weighted by molar-refractivity contribution is -0.129. The van der Waals surface area contributed by atoms with Crippen LogP contribution in [-0.4, -0.2) is 50.3 Å². The van der Waals surface area contributed by atoms with E-state index in [9.17, 15) is 13.2 Å². The lowest BCUT2D eigenvalue weighted by atomic mass is 10.2. The molecular weight excluding hydrogens is 254 g/mol. The molecule has 0 aromatic heterocycles. The molecule has 0 N–H and O–H groups in total. The summed E-state index contributed by atoms with van der Waals surface area (Å²) < 4.78 is 27.6. The molecule has 2 saturated heterocycles. The van der Waals surface area contributed by atoms with Gasteiger partial charge in [-0.15, -0.1) is 0 Å². The molecule has 0 radical (unpaired) electrons. The van der Waals surface area contributed by atoms with Gasteiger partial charge >= 0.3 is 0 Å². The van der Waals surface area contributed by atoms with Gasteiger partial charge in [0.25, 0.3) is 0 Å². The maximum Gasteiger partial charge on any atom is 0.237 e. The van der Waals surface area contributed by atoms with E-state index in [1.807, 2.05) is 0 Å². The molecule has 0 bridgehead atoms. The molecule has 5 nitrogen and oxygen atoms in total. The Morgan fingerprint density at radius 3 is 2.75 bits per heavy atom. The molecule has 0 spiro atoms. The zero-order valence-corrected chi connectivity index (χ0v) is 10.3. The number of nitrogens with zero attached hydrogens (tertiary/aromatic N) is 1. The quantitative estimate of drug-likeness (QED) is 0.692. The van der Waals surface area contributed by atoms with Gasteiger partial charge in [0.05, 0.1) is 6.10 Å². The van der Waals surface area contributed by atoms with Crippen LogP contribution in [0.15, 0.2) is 0 Å². The minimum absolute atomic E-state index is 0.00144. The van der Waals surface area contributed by atoms with Crippen LogP contribution in [0.2, 0.25) is 0 Å². The van der Waals surface area contributed by atoms with Gasteiger partial charge in [0.15, 0.2) is 0 Å². The number of ether oxygens (including phenoxy) is 1. The Bertz CT molecular complexity index is 377. The normalized spacial score (nSPS) is 31.3. The van der Waals surface area contributed by atoms with Gasteiger partial charge in [0.1, 0.15) is 5.25 Å². The molecule has 2 atom stereocenters. The second-order valence-electron chi connectivity index (χ2n) is 4.24. The highest BCUT2D eigenvalue weighted by Crippen LogP contribution is 2.23. The Labute approximate surface area is 99.1 Å². The van der Waals surface area contributed by atoms with Gasteiger partial charge in [-0.1, -0.05) is 0 Å². The van der Waals surface area contributed by atoms with Gasteiger partial charge in [-0.3, -0.25) is 4.79 Å². The molecule has 2 aliphatic rings. The standard InChI is InChI=1S/C9H14ClNO4S/c10-16(13,14)8-4-9(12)11(6-8)5-7-2-1-3-15-7/h7-8H,1-6H2. The van der Waals surface area contributed by atoms with Gasteiger partial charge in [0.2, 0.25) is 15.0 Å². The van der Waals surface area contributed by atoms with Crippen molar-refractivity contribution in [1.82, 2.24) is 4.90 Å². The van der Waals surface area contributed by atoms with Gasteiger partial charge in [-0.25, -0.2) is 8.42 Å². The van der Waals surface area contributed by atoms with Crippen molar-refractivity contribution in [3.63, 3.8) is 0 Å². The number of halogens is 1. The summed E-state index contributed by atoms with van der Waals surface area (Å²) in [6.07, 6.45) is 1.99. The van der Waals surface area contributed by atoms with Crippen molar-refractivity contribution in [3.05, 3.63) is 0 Å². The average Bonchev–Trinajstić information content (AvgIpc) is 2.76. The molecule has 0 aromatic rings. The largest absolute Gasteiger partial charge is 0.376 e. The molecular formula is C9H14ClNO4S. The molecule has 0 aliphatic carbocycles. The number of likely N-dealkylation sites (tertiary alicyclic amines) is 1. The summed E-state index contributed by atoms with van der Waals surface area (Å²) in [7, 11) is 1.62. The van der Waals surface area contributed by atoms with Crippen LogP contribution in [0.3, 0.4) is 0 Å². The second-order valence-corrected chi connectivity index (χ2v) is 7.14. The van der Waals surface area contributed by atoms with E-state index in [1.165, 1.54) is 0 Å². The lowest BCUT2D eigenvalue weighted by Gasteiger charge is -2.19. The molecule has 2 aliphatic heterocycles. The highest BCUT2D eigenvalue weighted by Gasteiger charge is 2.38. The van der Waals surface area contributed by atoms with Crippen LogP contribution in [0.25, 0.3) is 0 Å². The van der Waals surface area contributed by atoms with E-state index >= 15 is 0 Å². The number of carbonyl (C=O) groups excluding carboxylic acids is 1. The van der Waals surface area contributed by atoms with Gasteiger partial charge < -0.3 is 9.64 Å². The Kier molecular flexibility index (Phi) is 3.42. The predicted molar refractivity (Wildman–Crippen MR) is 58.7 cm³/mol. The number of carbonyl (C=O) groups is 1. The van der Waals surface area contributed by atoms with E-state index in [0.29, 0.717) is 6.54 Å². The lowest BCUT2D eigenvalue weighted by Crippen LogP contribution is -2.34. The van der Waals surface area contributed by atoms with Gasteiger partial charge in [-0.2, -0.15) is 0 Å². The maximum absolute atomic E-state index is 11.6. The highest BCUT2D eigenvalue weighted by atomic mass is 35.7. The number of rotatable bonds is 3. The zero-order chi connectivity index (χ0) is 11.8. The first kappa shape index (κ1) is 12.1. The molecule has 2 fully saturated rings. The van der Waals surface area contributed by atoms with E-state index in [4.69, 9.17) is 15.4 Å². The van der Waals surface area contributed by atoms with Crippen LogP contribution in [0.5, 0.6) is 0 Å². The van der Waals surface area contributed by atoms with Gasteiger partial charge in [-0.05, 0) is 12.8 Å². The third-order valence-corrected chi connectivity index (χ3v) is 4.89. The Balaban J connectivity index is 1.94. The SMILES string of the molecule is O=C1CC(S(=O)(=O)Cl)CN1CC1CCCO1. The van der Waals surface area contributed by atoms with Gasteiger partial charge in [0, 0.05) is 36.8 Å². The molecule has 92 valence electrons. The van der Waals surface area contributed by atoms with Crippen LogP contribution in [-0.2, 0) is 18.6 Å². The summed E-state index contributed by atoms with van der Waals surface area (Å²) in [6.45, 7) is 1.41. The summed E-state index contributed by atoms with van der Waals surface area (Å²) in [4.78, 5) is 13.1. The summed E-state index contributed by atoms with van der Waals surface area (Å²) in [5.41, 5.74) is 0. The average molecular weight is 268 g/mol. The first-order chi connectivity index (χ1) is 7.47. The minimum atomic E-state index is -3.63. The Morgan fingerprint density at radius 2 is 2.25 bits per heavy atom. The monoisotopic (exact) mass is 267 g/mol.